The van der Waals surface area contributed by atoms with Gasteiger partial charge in [0.25, 0.3) is 0 Å². The molecule has 0 bridgehead atoms. The van der Waals surface area contributed by atoms with E-state index < -0.39 is 11.7 Å². The minimum atomic E-state index is -4.28. The van der Waals surface area contributed by atoms with E-state index in [1.807, 2.05) is 24.3 Å². The summed E-state index contributed by atoms with van der Waals surface area (Å²) in [4.78, 5) is 0. The molecule has 0 saturated carbocycles. The normalized spacial score (nSPS) is 11.6. The molecule has 0 spiro atoms. The van der Waals surface area contributed by atoms with Crippen LogP contribution in [0.4, 0.5) is 13.2 Å². The molecule has 94 valence electrons. The average molecular weight is 362 g/mol. The first kappa shape index (κ1) is 13.4. The topological polar surface area (TPSA) is 0 Å². The van der Waals surface area contributed by atoms with Gasteiger partial charge in [0.1, 0.15) is 0 Å². The van der Waals surface area contributed by atoms with Crippen LogP contribution in [0.2, 0.25) is 0 Å². The molecule has 18 heavy (non-hydrogen) atoms. The van der Waals surface area contributed by atoms with Gasteiger partial charge in [-0.2, -0.15) is 13.2 Å². The van der Waals surface area contributed by atoms with E-state index in [4.69, 9.17) is 0 Å². The number of rotatable bonds is 2. The predicted molar refractivity (Wildman–Crippen MR) is 74.6 cm³/mol. The van der Waals surface area contributed by atoms with Crippen LogP contribution >= 0.6 is 22.6 Å². The molecular formula is C14H10F3I. The summed E-state index contributed by atoms with van der Waals surface area (Å²) in [5.74, 6) is 0. The van der Waals surface area contributed by atoms with Crippen LogP contribution in [0.3, 0.4) is 0 Å². The van der Waals surface area contributed by atoms with E-state index >= 15 is 0 Å². The van der Waals surface area contributed by atoms with Gasteiger partial charge in [-0.25, -0.2) is 0 Å². The summed E-state index contributed by atoms with van der Waals surface area (Å²) < 4.78 is 38.2. The third-order valence-electron chi connectivity index (χ3n) is 2.63. The summed E-state index contributed by atoms with van der Waals surface area (Å²) >= 11 is 2.26. The van der Waals surface area contributed by atoms with E-state index in [1.165, 1.54) is 12.1 Å². The highest BCUT2D eigenvalue weighted by Gasteiger charge is 2.29. The van der Waals surface area contributed by atoms with Crippen molar-refractivity contribution < 1.29 is 13.2 Å². The maximum Gasteiger partial charge on any atom is 0.416 e. The molecule has 0 unspecified atom stereocenters. The van der Waals surface area contributed by atoms with Crippen LogP contribution in [-0.4, -0.2) is 0 Å². The molecule has 4 heteroatoms. The number of halogens is 4. The first-order chi connectivity index (χ1) is 8.50. The zero-order valence-electron chi connectivity index (χ0n) is 9.34. The zero-order valence-corrected chi connectivity index (χ0v) is 11.5. The molecule has 0 nitrogen and oxygen atoms in total. The second-order valence-corrected chi connectivity index (χ2v) is 4.67. The van der Waals surface area contributed by atoms with Gasteiger partial charge in [-0.05, 0) is 28.8 Å². The quantitative estimate of drug-likeness (QED) is 0.502. The van der Waals surface area contributed by atoms with Crippen molar-refractivity contribution in [2.24, 2.45) is 0 Å². The van der Waals surface area contributed by atoms with Crippen molar-refractivity contribution in [2.75, 3.05) is 0 Å². The van der Waals surface area contributed by atoms with Gasteiger partial charge in [0.15, 0.2) is 0 Å². The summed E-state index contributed by atoms with van der Waals surface area (Å²) in [6.45, 7) is 0. The molecule has 0 amide bonds. The van der Waals surface area contributed by atoms with Gasteiger partial charge in [-0.3, -0.25) is 0 Å². The monoisotopic (exact) mass is 362 g/mol. The van der Waals surface area contributed by atoms with Crippen molar-refractivity contribution in [3.05, 3.63) is 59.7 Å². The van der Waals surface area contributed by atoms with Crippen molar-refractivity contribution in [2.45, 2.75) is 10.6 Å². The average Bonchev–Trinajstić information content (AvgIpc) is 2.38. The lowest BCUT2D eigenvalue weighted by Crippen LogP contribution is -2.03. The summed E-state index contributed by atoms with van der Waals surface area (Å²) in [5.41, 5.74) is 2.29. The Bertz CT molecular complexity index is 529. The molecule has 2 aromatic rings. The molecule has 0 atom stereocenters. The molecule has 2 aromatic carbocycles. The molecule has 0 N–H and O–H groups in total. The minimum absolute atomic E-state index is 0.615. The zero-order chi connectivity index (χ0) is 13.2. The van der Waals surface area contributed by atoms with E-state index in [0.29, 0.717) is 0 Å². The highest BCUT2D eigenvalue weighted by atomic mass is 127. The molecule has 0 aliphatic carbocycles. The van der Waals surface area contributed by atoms with Crippen LogP contribution in [0.25, 0.3) is 11.1 Å². The maximum absolute atomic E-state index is 12.4. The lowest BCUT2D eigenvalue weighted by atomic mass is 10.0. The second-order valence-electron chi connectivity index (χ2n) is 3.91. The predicted octanol–water partition coefficient (Wildman–Crippen LogP) is 5.31. The lowest BCUT2D eigenvalue weighted by Gasteiger charge is -2.08. The summed E-state index contributed by atoms with van der Waals surface area (Å²) in [6.07, 6.45) is -4.28. The first-order valence-electron chi connectivity index (χ1n) is 5.33. The van der Waals surface area contributed by atoms with E-state index in [0.717, 1.165) is 33.3 Å². The Balaban J connectivity index is 2.34. The molecule has 0 heterocycles. The van der Waals surface area contributed by atoms with Crippen molar-refractivity contribution >= 4 is 22.6 Å². The minimum Gasteiger partial charge on any atom is -0.166 e. The summed E-state index contributed by atoms with van der Waals surface area (Å²) in [7, 11) is 0. The van der Waals surface area contributed by atoms with Crippen molar-refractivity contribution in [1.29, 1.82) is 0 Å². The Hall–Kier alpha value is -1.04. The fraction of sp³-hybridized carbons (Fsp3) is 0.143. The van der Waals surface area contributed by atoms with E-state index in [2.05, 4.69) is 22.6 Å². The van der Waals surface area contributed by atoms with Crippen LogP contribution in [0.15, 0.2) is 48.5 Å². The molecule has 2 rings (SSSR count). The van der Waals surface area contributed by atoms with Gasteiger partial charge in [-0.15, -0.1) is 0 Å². The first-order valence-corrected chi connectivity index (χ1v) is 6.86. The van der Waals surface area contributed by atoms with Crippen molar-refractivity contribution in [3.63, 3.8) is 0 Å². The van der Waals surface area contributed by atoms with E-state index in [-0.39, 0.29) is 0 Å². The maximum atomic E-state index is 12.4. The standard InChI is InChI=1S/C14H10F3I/c15-14(16,17)13-6-4-11(5-7-13)12-3-1-2-10(8-12)9-18/h1-8H,9H2. The Morgan fingerprint density at radius 3 is 2.11 bits per heavy atom. The fourth-order valence-corrected chi connectivity index (χ4v) is 2.16. The van der Waals surface area contributed by atoms with Crippen molar-refractivity contribution in [1.82, 2.24) is 0 Å². The van der Waals surface area contributed by atoms with E-state index in [1.54, 1.807) is 0 Å². The van der Waals surface area contributed by atoms with Crippen LogP contribution in [0.1, 0.15) is 11.1 Å². The van der Waals surface area contributed by atoms with Crippen molar-refractivity contribution in [3.8, 4) is 11.1 Å². The van der Waals surface area contributed by atoms with Gasteiger partial charge in [0.2, 0.25) is 0 Å². The molecule has 0 fully saturated rings. The van der Waals surface area contributed by atoms with Gasteiger partial charge < -0.3 is 0 Å². The number of hydrogen-bond donors (Lipinski definition) is 0. The Labute approximate surface area is 117 Å². The Morgan fingerprint density at radius 1 is 0.889 bits per heavy atom. The smallest absolute Gasteiger partial charge is 0.166 e. The SMILES string of the molecule is FC(F)(F)c1ccc(-c2cccc(CI)c2)cc1. The summed E-state index contributed by atoms with van der Waals surface area (Å²) in [6, 6.07) is 13.1. The van der Waals surface area contributed by atoms with Gasteiger partial charge in [0.05, 0.1) is 5.56 Å². The van der Waals surface area contributed by atoms with Gasteiger partial charge in [0, 0.05) is 4.43 Å². The van der Waals surface area contributed by atoms with Crippen LogP contribution in [0, 0.1) is 0 Å². The molecule has 0 saturated heterocycles. The highest BCUT2D eigenvalue weighted by molar-refractivity contribution is 14.1. The summed E-state index contributed by atoms with van der Waals surface area (Å²) in [5, 5.41) is 0. The second kappa shape index (κ2) is 5.30. The van der Waals surface area contributed by atoms with E-state index in [9.17, 15) is 13.2 Å². The van der Waals surface area contributed by atoms with Crippen LogP contribution < -0.4 is 0 Å². The third-order valence-corrected chi connectivity index (χ3v) is 3.51. The van der Waals surface area contributed by atoms with Crippen LogP contribution in [-0.2, 0) is 10.6 Å². The lowest BCUT2D eigenvalue weighted by molar-refractivity contribution is -0.137. The molecule has 0 radical (unpaired) electrons. The molecule has 0 aliphatic rings. The Morgan fingerprint density at radius 2 is 1.56 bits per heavy atom. The number of benzene rings is 2. The molecule has 0 aromatic heterocycles. The number of hydrogen-bond acceptors (Lipinski definition) is 0. The highest BCUT2D eigenvalue weighted by Crippen LogP contribution is 2.31. The number of alkyl halides is 4. The molecular weight excluding hydrogens is 352 g/mol. The Kier molecular flexibility index (Phi) is 3.94. The van der Waals surface area contributed by atoms with Gasteiger partial charge in [-0.1, -0.05) is 59.0 Å². The molecule has 0 aliphatic heterocycles. The van der Waals surface area contributed by atoms with Crippen LogP contribution in [0.5, 0.6) is 0 Å². The van der Waals surface area contributed by atoms with Gasteiger partial charge >= 0.3 is 6.18 Å². The third kappa shape index (κ3) is 3.04. The largest absolute Gasteiger partial charge is 0.416 e. The fourth-order valence-electron chi connectivity index (χ4n) is 1.69.